The maximum atomic E-state index is 10.7. The minimum Gasteiger partial charge on any atom is -0.741 e. The lowest BCUT2D eigenvalue weighted by atomic mass is 9.80. The molecule has 0 aromatic carbocycles. The van der Waals surface area contributed by atoms with E-state index in [1.54, 1.807) is 0 Å². The van der Waals surface area contributed by atoms with Crippen molar-refractivity contribution in [1.29, 1.82) is 0 Å². The van der Waals surface area contributed by atoms with Gasteiger partial charge < -0.3 is 9.11 Å². The van der Waals surface area contributed by atoms with Gasteiger partial charge in [0.1, 0.15) is 34.9 Å². The number of nitrogens with zero attached hydrogens (tertiary/aromatic N) is 6. The second-order valence-electron chi connectivity index (χ2n) is 22.7. The summed E-state index contributed by atoms with van der Waals surface area (Å²) in [5.41, 5.74) is -4.63. The average molecular weight is 967 g/mol. The zero-order chi connectivity index (χ0) is 51.7. The fourth-order valence-electron chi connectivity index (χ4n) is 11.3. The van der Waals surface area contributed by atoms with Gasteiger partial charge in [0.2, 0.25) is 0 Å². The molecule has 0 radical (unpaired) electrons. The van der Waals surface area contributed by atoms with E-state index in [2.05, 4.69) is 194 Å². The molecule has 64 heavy (non-hydrogen) atoms. The zero-order valence-electron chi connectivity index (χ0n) is 42.9. The van der Waals surface area contributed by atoms with Crippen LogP contribution in [0, 0.1) is 38.5 Å². The first-order valence-electron chi connectivity index (χ1n) is 21.5. The molecule has 2 aliphatic rings. The molecule has 0 bridgehead atoms. The van der Waals surface area contributed by atoms with Gasteiger partial charge >= 0.3 is 11.0 Å². The summed E-state index contributed by atoms with van der Waals surface area (Å²) in [6.45, 7) is 52.0. The molecule has 4 heterocycles. The van der Waals surface area contributed by atoms with Crippen LogP contribution in [0.5, 0.6) is 0 Å². The van der Waals surface area contributed by atoms with Gasteiger partial charge in [0.15, 0.2) is 20.2 Å². The molecular weight excluding hydrogens is 887 g/mol. The summed E-state index contributed by atoms with van der Waals surface area (Å²) in [5, 5.41) is 0. The number of imidazole rings is 2. The molecule has 376 valence electrons. The van der Waals surface area contributed by atoms with Crippen molar-refractivity contribution in [2.24, 2.45) is 24.9 Å². The maximum absolute atomic E-state index is 10.7. The van der Waals surface area contributed by atoms with Gasteiger partial charge in [-0.05, 0) is 121 Å². The maximum Gasteiger partial charge on any atom is 0.485 e. The normalized spacial score (nSPS) is 21.6. The molecule has 4 rings (SSSR count). The van der Waals surface area contributed by atoms with E-state index in [4.69, 9.17) is 25.9 Å². The molecular formula is C44H80F6N6O6S2. The standard InChI is InChI=1S/2C21H40N3.2CHF3O3S/c2*1-14(2)23-16(4)15(3)22(12)18(23)17-20(8,9)13-21(10,11)24(17)19(5,6)7;2*2-1(3,4)8(5,6)7/h2*14,17H,13H2,1-12H3;2*(H,5,6,7)/q2*+1;;/p-2/t2*17-;;/m11../s1. The van der Waals surface area contributed by atoms with Crippen molar-refractivity contribution in [3.05, 3.63) is 34.4 Å². The summed E-state index contributed by atoms with van der Waals surface area (Å²) in [5.74, 6) is 2.93. The predicted molar refractivity (Wildman–Crippen MR) is 236 cm³/mol. The fraction of sp³-hybridized carbons (Fsp3) is 0.864. The number of halogens is 6. The second-order valence-corrected chi connectivity index (χ2v) is 25.5. The van der Waals surface area contributed by atoms with Crippen molar-refractivity contribution in [2.45, 2.75) is 223 Å². The van der Waals surface area contributed by atoms with Crippen molar-refractivity contribution >= 4 is 20.2 Å². The summed E-state index contributed by atoms with van der Waals surface area (Å²) >= 11 is 0. The van der Waals surface area contributed by atoms with Gasteiger partial charge in [-0.25, -0.2) is 35.1 Å². The largest absolute Gasteiger partial charge is 0.741 e. The van der Waals surface area contributed by atoms with E-state index < -0.39 is 31.3 Å². The quantitative estimate of drug-likeness (QED) is 0.128. The minimum atomic E-state index is -6.09. The first-order valence-corrected chi connectivity index (χ1v) is 24.3. The van der Waals surface area contributed by atoms with Crippen LogP contribution >= 0.6 is 0 Å². The Bertz CT molecular complexity index is 2030. The van der Waals surface area contributed by atoms with Crippen LogP contribution in [0.4, 0.5) is 26.3 Å². The van der Waals surface area contributed by atoms with Gasteiger partial charge in [0.05, 0.1) is 26.2 Å². The molecule has 2 aromatic heterocycles. The molecule has 0 unspecified atom stereocenters. The van der Waals surface area contributed by atoms with E-state index in [0.717, 1.165) is 0 Å². The van der Waals surface area contributed by atoms with Crippen LogP contribution in [-0.2, 0) is 34.3 Å². The average Bonchev–Trinajstić information content (AvgIpc) is 3.54. The minimum absolute atomic E-state index is 0.128. The number of alkyl halides is 6. The van der Waals surface area contributed by atoms with Gasteiger partial charge in [-0.3, -0.25) is 9.80 Å². The highest BCUT2D eigenvalue weighted by molar-refractivity contribution is 7.86. The molecule has 2 aromatic rings. The topological polar surface area (TPSA) is 138 Å². The molecule has 0 spiro atoms. The molecule has 2 saturated heterocycles. The third-order valence-corrected chi connectivity index (χ3v) is 13.7. The molecule has 2 fully saturated rings. The Morgan fingerprint density at radius 2 is 0.750 bits per heavy atom. The lowest BCUT2D eigenvalue weighted by molar-refractivity contribution is -0.688. The Kier molecular flexibility index (Phi) is 17.4. The van der Waals surface area contributed by atoms with Gasteiger partial charge in [-0.1, -0.05) is 27.7 Å². The fourth-order valence-corrected chi connectivity index (χ4v) is 11.3. The second kappa shape index (κ2) is 18.7. The number of aromatic nitrogens is 4. The third kappa shape index (κ3) is 12.6. The summed E-state index contributed by atoms with van der Waals surface area (Å²) in [6, 6.07) is 1.77. The number of likely N-dealkylation sites (tertiary alicyclic amines) is 2. The molecule has 0 saturated carbocycles. The van der Waals surface area contributed by atoms with Crippen molar-refractivity contribution in [3.63, 3.8) is 0 Å². The molecule has 12 nitrogen and oxygen atoms in total. The van der Waals surface area contributed by atoms with Crippen LogP contribution in [0.3, 0.4) is 0 Å². The predicted octanol–water partition coefficient (Wildman–Crippen LogP) is 9.82. The van der Waals surface area contributed by atoms with E-state index >= 15 is 0 Å². The Labute approximate surface area is 381 Å². The Hall–Kier alpha value is -2.26. The summed E-state index contributed by atoms with van der Waals surface area (Å²) in [4.78, 5) is 5.54. The summed E-state index contributed by atoms with van der Waals surface area (Å²) in [6.07, 6.45) is 2.42. The zero-order valence-corrected chi connectivity index (χ0v) is 44.6. The van der Waals surface area contributed by atoms with Crippen molar-refractivity contribution in [3.8, 4) is 0 Å². The molecule has 0 amide bonds. The van der Waals surface area contributed by atoms with E-state index in [1.165, 1.54) is 47.3 Å². The highest BCUT2D eigenvalue weighted by atomic mass is 32.2. The highest BCUT2D eigenvalue weighted by Gasteiger charge is 2.60. The van der Waals surface area contributed by atoms with E-state index in [9.17, 15) is 26.3 Å². The Morgan fingerprint density at radius 1 is 0.547 bits per heavy atom. The number of hydrogen-bond acceptors (Lipinski definition) is 8. The van der Waals surface area contributed by atoms with E-state index in [0.29, 0.717) is 24.2 Å². The summed E-state index contributed by atoms with van der Waals surface area (Å²) in [7, 11) is -7.68. The van der Waals surface area contributed by atoms with Crippen LogP contribution in [0.25, 0.3) is 0 Å². The highest BCUT2D eigenvalue weighted by Crippen LogP contribution is 2.58. The monoisotopic (exact) mass is 967 g/mol. The smallest absolute Gasteiger partial charge is 0.485 e. The van der Waals surface area contributed by atoms with E-state index in [-0.39, 0.29) is 33.0 Å². The van der Waals surface area contributed by atoms with Crippen molar-refractivity contribution < 1.29 is 61.4 Å². The van der Waals surface area contributed by atoms with E-state index in [1.807, 2.05) is 0 Å². The Morgan fingerprint density at radius 3 is 0.906 bits per heavy atom. The molecule has 2 aliphatic heterocycles. The van der Waals surface area contributed by atoms with Crippen LogP contribution in [0.2, 0.25) is 0 Å². The molecule has 0 N–H and O–H groups in total. The lowest BCUT2D eigenvalue weighted by Crippen LogP contribution is -2.54. The first-order chi connectivity index (χ1) is 27.8. The molecule has 20 heteroatoms. The summed E-state index contributed by atoms with van der Waals surface area (Å²) < 4.78 is 128. The first kappa shape index (κ1) is 59.8. The van der Waals surface area contributed by atoms with Crippen LogP contribution in [0.1, 0.15) is 196 Å². The Balaban J connectivity index is 0.000000480. The number of hydrogen-bond donors (Lipinski definition) is 0. The van der Waals surface area contributed by atoms with Gasteiger partial charge in [0.25, 0.3) is 11.6 Å². The third-order valence-electron chi connectivity index (χ3n) is 12.6. The van der Waals surface area contributed by atoms with Crippen molar-refractivity contribution in [1.82, 2.24) is 18.9 Å². The van der Waals surface area contributed by atoms with Gasteiger partial charge in [0, 0.05) is 49.9 Å². The SMILES string of the molecule is Cc1c(C)[n+](C)c([C@H]2N(C(C)(C)C)C(C)(C)CC2(C)C)n1C(C)C.Cc1c(C)[n+](C)c([C@H]2N(C(C)(C)C)C(C)(C)CC2(C)C)n1C(C)C.O=S(=O)([O-])C(F)(F)F.O=S(=O)([O-])C(F)(F)F. The van der Waals surface area contributed by atoms with Gasteiger partial charge in [-0.15, -0.1) is 0 Å². The van der Waals surface area contributed by atoms with Crippen LogP contribution in [0.15, 0.2) is 0 Å². The van der Waals surface area contributed by atoms with Crippen molar-refractivity contribution in [2.75, 3.05) is 0 Å². The molecule has 2 atom stereocenters. The lowest BCUT2D eigenvalue weighted by Gasteiger charge is -2.45. The molecule has 0 aliphatic carbocycles. The van der Waals surface area contributed by atoms with Crippen LogP contribution < -0.4 is 9.13 Å². The van der Waals surface area contributed by atoms with Gasteiger partial charge in [-0.2, -0.15) is 26.3 Å². The van der Waals surface area contributed by atoms with Crippen LogP contribution in [-0.4, -0.2) is 78.0 Å². The number of rotatable bonds is 4.